The molecule has 4 heteroatoms. The number of hydrogen-bond acceptors (Lipinski definition) is 4. The van der Waals surface area contributed by atoms with Gasteiger partial charge in [0.2, 0.25) is 0 Å². The van der Waals surface area contributed by atoms with Gasteiger partial charge in [-0.25, -0.2) is 9.97 Å². The summed E-state index contributed by atoms with van der Waals surface area (Å²) in [4.78, 5) is 8.81. The third-order valence-corrected chi connectivity index (χ3v) is 9.02. The van der Waals surface area contributed by atoms with E-state index in [4.69, 9.17) is 30.5 Å². The molecule has 3 aromatic heterocycles. The van der Waals surface area contributed by atoms with E-state index < -0.39 is 161 Å². The second-order valence-corrected chi connectivity index (χ2v) is 11.8. The van der Waals surface area contributed by atoms with Crippen molar-refractivity contribution in [3.05, 3.63) is 170 Å². The van der Waals surface area contributed by atoms with Crippen molar-refractivity contribution in [1.82, 2.24) is 9.97 Å². The summed E-state index contributed by atoms with van der Waals surface area (Å²) >= 11 is 0.805. The molecular weight excluding hydrogens is 629 g/mol. The molecule has 234 valence electrons. The molecule has 10 rings (SSSR count). The van der Waals surface area contributed by atoms with Crippen molar-refractivity contribution in [2.24, 2.45) is 0 Å². The molecule has 0 aliphatic rings. The number of thiophene rings is 1. The van der Waals surface area contributed by atoms with Crippen LogP contribution in [0.15, 0.2) is 174 Å². The lowest BCUT2D eigenvalue weighted by Crippen LogP contribution is -1.88. The van der Waals surface area contributed by atoms with Crippen molar-refractivity contribution < 1.29 is 35.9 Å². The Labute approximate surface area is 325 Å². The number of hydrogen-bond donors (Lipinski definition) is 0. The van der Waals surface area contributed by atoms with Gasteiger partial charge in [0.15, 0.2) is 5.58 Å². The Morgan fingerprint density at radius 1 is 0.520 bits per heavy atom. The van der Waals surface area contributed by atoms with Crippen LogP contribution in [0.5, 0.6) is 0 Å². The molecule has 0 radical (unpaired) electrons. The van der Waals surface area contributed by atoms with E-state index in [2.05, 4.69) is 9.97 Å². The highest BCUT2D eigenvalue weighted by atomic mass is 32.1. The van der Waals surface area contributed by atoms with E-state index in [0.29, 0.717) is 0 Å². The number of fused-ring (bicyclic) bond motifs is 6. The third-order valence-electron chi connectivity index (χ3n) is 7.90. The van der Waals surface area contributed by atoms with Gasteiger partial charge in [-0.2, -0.15) is 0 Å². The van der Waals surface area contributed by atoms with Gasteiger partial charge in [-0.05, 0) is 86.9 Å². The van der Waals surface area contributed by atoms with Crippen LogP contribution in [0, 0.1) is 0 Å². The van der Waals surface area contributed by atoms with Crippen LogP contribution in [-0.2, 0) is 0 Å². The lowest BCUT2D eigenvalue weighted by Gasteiger charge is -2.11. The van der Waals surface area contributed by atoms with E-state index >= 15 is 0 Å². The van der Waals surface area contributed by atoms with Gasteiger partial charge in [0.05, 0.1) is 31.5 Å². The lowest BCUT2D eigenvalue weighted by molar-refractivity contribution is 0.667. The molecule has 0 amide bonds. The van der Waals surface area contributed by atoms with E-state index in [-0.39, 0.29) is 75.8 Å². The Bertz CT molecular complexity index is 4050. The second kappa shape index (κ2) is 11.7. The summed E-state index contributed by atoms with van der Waals surface area (Å²) < 4.78 is 208. The minimum Gasteiger partial charge on any atom is -0.452 e. The average Bonchev–Trinajstić information content (AvgIpc) is 3.95. The molecular formula is C46H28N2OS. The van der Waals surface area contributed by atoms with Gasteiger partial charge < -0.3 is 4.42 Å². The molecule has 10 aromatic rings. The second-order valence-electron chi connectivity index (χ2n) is 10.8. The van der Waals surface area contributed by atoms with Gasteiger partial charge in [0.1, 0.15) is 23.1 Å². The summed E-state index contributed by atoms with van der Waals surface area (Å²) in [6.07, 6.45) is 1.08. The molecule has 0 saturated heterocycles. The summed E-state index contributed by atoms with van der Waals surface area (Å²) in [7, 11) is 0. The van der Waals surface area contributed by atoms with Gasteiger partial charge in [0.25, 0.3) is 0 Å². The monoisotopic (exact) mass is 679 g/mol. The first-order valence-electron chi connectivity index (χ1n) is 26.3. The van der Waals surface area contributed by atoms with Crippen molar-refractivity contribution in [2.75, 3.05) is 0 Å². The quantitative estimate of drug-likeness (QED) is 0.182. The van der Waals surface area contributed by atoms with Gasteiger partial charge in [-0.1, -0.05) is 121 Å². The first kappa shape index (κ1) is 13.9. The summed E-state index contributed by atoms with van der Waals surface area (Å²) in [5, 5.41) is 0.0153. The third kappa shape index (κ3) is 4.80. The van der Waals surface area contributed by atoms with Crippen molar-refractivity contribution in [3.8, 4) is 55.8 Å². The highest BCUT2D eigenvalue weighted by Gasteiger charge is 2.18. The fourth-order valence-electron chi connectivity index (χ4n) is 5.67. The molecule has 0 unspecified atom stereocenters. The maximum Gasteiger partial charge on any atom is 0.180 e. The number of rotatable bonds is 5. The predicted molar refractivity (Wildman–Crippen MR) is 209 cm³/mol. The smallest absolute Gasteiger partial charge is 0.180 e. The molecule has 0 aliphatic carbocycles. The van der Waals surface area contributed by atoms with Crippen molar-refractivity contribution in [2.45, 2.75) is 0 Å². The average molecular weight is 680 g/mol. The summed E-state index contributed by atoms with van der Waals surface area (Å²) in [5.41, 5.74) is -3.69. The highest BCUT2D eigenvalue weighted by Crippen LogP contribution is 2.42. The molecule has 0 N–H and O–H groups in total. The Hall–Kier alpha value is -6.36. The SMILES string of the molecule is [2H]c1cc([2H])c(-c2c([2H])c([2H])c([2H])c3c2sc2c([2H])c([2H])c([2H])c([2H])c23)c([2H])c1-c1ncnc2c1oc1ccc(-c3c([2H])c(-c4c([2H])c([2H])c([2H])c([2H])c4[2H])c([2H])c(-c4c([2H])c([2H])c([2H])c([2H])c4[2H])c3[2H])cc12. The molecule has 0 saturated carbocycles. The maximum absolute atomic E-state index is 9.58. The topological polar surface area (TPSA) is 38.9 Å². The zero-order valence-corrected chi connectivity index (χ0v) is 25.9. The fraction of sp³-hybridized carbons (Fsp3) is 0. The Morgan fingerprint density at radius 2 is 1.18 bits per heavy atom. The number of aromatic nitrogens is 2. The first-order chi connectivity index (χ1) is 34.3. The molecule has 50 heavy (non-hydrogen) atoms. The van der Waals surface area contributed by atoms with E-state index in [9.17, 15) is 5.48 Å². The van der Waals surface area contributed by atoms with Gasteiger partial charge in [0, 0.05) is 31.1 Å². The molecule has 3 heterocycles. The summed E-state index contributed by atoms with van der Waals surface area (Å²) in [6.45, 7) is 0. The van der Waals surface area contributed by atoms with Crippen LogP contribution >= 0.6 is 11.3 Å². The van der Waals surface area contributed by atoms with Crippen molar-refractivity contribution in [3.63, 3.8) is 0 Å². The number of nitrogens with zero attached hydrogens (tertiary/aromatic N) is 2. The molecule has 0 aliphatic heterocycles. The van der Waals surface area contributed by atoms with Crippen LogP contribution in [0.2, 0.25) is 0 Å². The molecule has 0 atom stereocenters. The molecule has 0 fully saturated rings. The standard InChI is InChI=1S/C46H28N2OS/c1-3-11-29(12-4-1)34-24-35(30-13-5-2-6-14-30)26-36(25-34)31-21-22-41-40(27-31)44-45(49-41)43(47-28-48-44)33-16-9-15-32(23-33)37-18-10-19-39-38-17-7-8-20-42(38)50-46(37)39/h1-28H/i1D,2D,3D,4D,5D,6D,7D,8D,10D,11D,12D,13D,14D,15D,16D,17D,18D,19D,20D,23D,24D,25D,26D. The van der Waals surface area contributed by atoms with Crippen LogP contribution in [-0.4, -0.2) is 9.97 Å². The summed E-state index contributed by atoms with van der Waals surface area (Å²) in [5.74, 6) is 0. The highest BCUT2D eigenvalue weighted by molar-refractivity contribution is 7.26. The van der Waals surface area contributed by atoms with Crippen LogP contribution in [0.3, 0.4) is 0 Å². The van der Waals surface area contributed by atoms with E-state index in [1.165, 1.54) is 18.2 Å². The normalized spacial score (nSPS) is 18.0. The Kier molecular flexibility index (Phi) is 3.23. The van der Waals surface area contributed by atoms with E-state index in [0.717, 1.165) is 23.7 Å². The molecule has 0 bridgehead atoms. The predicted octanol–water partition coefficient (Wildman–Crippen LogP) is 13.1. The van der Waals surface area contributed by atoms with Crippen LogP contribution < -0.4 is 0 Å². The Balaban J connectivity index is 1.24. The van der Waals surface area contributed by atoms with Gasteiger partial charge >= 0.3 is 0 Å². The molecule has 0 spiro atoms. The Morgan fingerprint density at radius 3 is 1.96 bits per heavy atom. The van der Waals surface area contributed by atoms with Gasteiger partial charge in [-0.3, -0.25) is 0 Å². The largest absolute Gasteiger partial charge is 0.452 e. The van der Waals surface area contributed by atoms with Crippen LogP contribution in [0.1, 0.15) is 31.5 Å². The fourth-order valence-corrected chi connectivity index (χ4v) is 6.74. The van der Waals surface area contributed by atoms with Crippen LogP contribution in [0.4, 0.5) is 0 Å². The maximum atomic E-state index is 9.58. The lowest BCUT2D eigenvalue weighted by atomic mass is 9.93. The van der Waals surface area contributed by atoms with Crippen molar-refractivity contribution in [1.29, 1.82) is 0 Å². The van der Waals surface area contributed by atoms with Crippen molar-refractivity contribution >= 4 is 53.6 Å². The number of furan rings is 1. The zero-order valence-electron chi connectivity index (χ0n) is 48.1. The number of benzene rings is 7. The van der Waals surface area contributed by atoms with Gasteiger partial charge in [-0.15, -0.1) is 11.3 Å². The van der Waals surface area contributed by atoms with E-state index in [1.54, 1.807) is 0 Å². The van der Waals surface area contributed by atoms with E-state index in [1.807, 2.05) is 0 Å². The zero-order chi connectivity index (χ0) is 53.0. The van der Waals surface area contributed by atoms with Crippen LogP contribution in [0.25, 0.3) is 98.0 Å². The summed E-state index contributed by atoms with van der Waals surface area (Å²) in [6, 6.07) is -10.2. The molecule has 7 aromatic carbocycles. The minimum absolute atomic E-state index is 0.00286. The molecule has 3 nitrogen and oxygen atoms in total. The minimum atomic E-state index is -0.829. The first-order valence-corrected chi connectivity index (χ1v) is 15.7.